The maximum atomic E-state index is 12.5. The van der Waals surface area contributed by atoms with Gasteiger partial charge in [0.15, 0.2) is 0 Å². The predicted octanol–water partition coefficient (Wildman–Crippen LogP) is 0.328. The summed E-state index contributed by atoms with van der Waals surface area (Å²) in [6.07, 6.45) is 6.73. The van der Waals surface area contributed by atoms with Crippen molar-refractivity contribution in [2.75, 3.05) is 46.3 Å². The number of aromatic nitrogens is 1. The monoisotopic (exact) mass is 333 g/mol. The summed E-state index contributed by atoms with van der Waals surface area (Å²) in [6.45, 7) is 4.54. The van der Waals surface area contributed by atoms with E-state index in [0.29, 0.717) is 30.8 Å². The summed E-state index contributed by atoms with van der Waals surface area (Å²) in [5.74, 6) is -0.383. The summed E-state index contributed by atoms with van der Waals surface area (Å²) < 4.78 is 0. The van der Waals surface area contributed by atoms with Gasteiger partial charge in [-0.15, -0.1) is 0 Å². The fraction of sp³-hybridized carbons (Fsp3) is 0.588. The lowest BCUT2D eigenvalue weighted by Crippen LogP contribution is -2.38. The molecule has 0 unspecified atom stereocenters. The zero-order chi connectivity index (χ0) is 17.4. The van der Waals surface area contributed by atoms with Gasteiger partial charge >= 0.3 is 0 Å². The Morgan fingerprint density at radius 3 is 2.67 bits per heavy atom. The van der Waals surface area contributed by atoms with Crippen LogP contribution in [0.5, 0.6) is 0 Å². The average molecular weight is 333 g/mol. The highest BCUT2D eigenvalue weighted by Crippen LogP contribution is 2.09. The van der Waals surface area contributed by atoms with Gasteiger partial charge in [-0.05, 0) is 32.0 Å². The Morgan fingerprint density at radius 2 is 1.96 bits per heavy atom. The van der Waals surface area contributed by atoms with E-state index < -0.39 is 0 Å². The number of nitrogens with zero attached hydrogens (tertiary/aromatic N) is 3. The van der Waals surface area contributed by atoms with Gasteiger partial charge in [-0.3, -0.25) is 14.6 Å². The second kappa shape index (κ2) is 9.34. The lowest BCUT2D eigenvalue weighted by atomic mass is 10.1. The second-order valence-electron chi connectivity index (χ2n) is 6.14. The molecule has 2 rings (SSSR count). The van der Waals surface area contributed by atoms with Gasteiger partial charge in [0.1, 0.15) is 0 Å². The van der Waals surface area contributed by atoms with Crippen LogP contribution in [0.1, 0.15) is 40.0 Å². The van der Waals surface area contributed by atoms with Crippen LogP contribution in [-0.2, 0) is 0 Å². The summed E-state index contributed by atoms with van der Waals surface area (Å²) >= 11 is 0. The Bertz CT molecular complexity index is 558. The van der Waals surface area contributed by atoms with Gasteiger partial charge in [0.05, 0.1) is 11.1 Å². The van der Waals surface area contributed by atoms with Crippen molar-refractivity contribution in [1.82, 2.24) is 20.1 Å². The van der Waals surface area contributed by atoms with Gasteiger partial charge in [-0.2, -0.15) is 0 Å². The number of likely N-dealkylation sites (N-methyl/N-ethyl adjacent to an activating group) is 1. The van der Waals surface area contributed by atoms with Crippen molar-refractivity contribution in [1.29, 1.82) is 0 Å². The SMILES string of the molecule is CN(CCN1CCCCC1)C(=O)c1cncc(C(=O)NCCN)c1. The summed E-state index contributed by atoms with van der Waals surface area (Å²) in [7, 11) is 1.79. The first-order valence-corrected chi connectivity index (χ1v) is 8.53. The number of nitrogens with two attached hydrogens (primary N) is 1. The molecule has 3 N–H and O–H groups in total. The summed E-state index contributed by atoms with van der Waals surface area (Å²) in [5, 5.41) is 2.68. The molecule has 132 valence electrons. The third kappa shape index (κ3) is 5.28. The predicted molar refractivity (Wildman–Crippen MR) is 92.9 cm³/mol. The number of carbonyl (C=O) groups is 2. The van der Waals surface area contributed by atoms with Gasteiger partial charge < -0.3 is 20.9 Å². The van der Waals surface area contributed by atoms with Crippen LogP contribution < -0.4 is 11.1 Å². The van der Waals surface area contributed by atoms with Gasteiger partial charge in [0, 0.05) is 45.6 Å². The number of amides is 2. The lowest BCUT2D eigenvalue weighted by molar-refractivity contribution is 0.0772. The fourth-order valence-corrected chi connectivity index (χ4v) is 2.77. The van der Waals surface area contributed by atoms with Crippen LogP contribution in [0.3, 0.4) is 0 Å². The largest absolute Gasteiger partial charge is 0.351 e. The zero-order valence-corrected chi connectivity index (χ0v) is 14.3. The van der Waals surface area contributed by atoms with Crippen LogP contribution in [0.25, 0.3) is 0 Å². The highest BCUT2D eigenvalue weighted by Gasteiger charge is 2.16. The summed E-state index contributed by atoms with van der Waals surface area (Å²) in [6, 6.07) is 1.58. The minimum Gasteiger partial charge on any atom is -0.351 e. The van der Waals surface area contributed by atoms with E-state index in [9.17, 15) is 9.59 Å². The Morgan fingerprint density at radius 1 is 1.25 bits per heavy atom. The van der Waals surface area contributed by atoms with Crippen LogP contribution in [0.2, 0.25) is 0 Å². The molecule has 1 aromatic heterocycles. The van der Waals surface area contributed by atoms with E-state index in [1.165, 1.54) is 31.7 Å². The Labute approximate surface area is 143 Å². The molecule has 0 aliphatic carbocycles. The summed E-state index contributed by atoms with van der Waals surface area (Å²) in [5.41, 5.74) is 6.17. The van der Waals surface area contributed by atoms with E-state index in [2.05, 4.69) is 15.2 Å². The molecule has 7 nitrogen and oxygen atoms in total. The number of rotatable bonds is 7. The van der Waals surface area contributed by atoms with E-state index in [-0.39, 0.29) is 11.8 Å². The van der Waals surface area contributed by atoms with Crippen molar-refractivity contribution in [3.05, 3.63) is 29.6 Å². The Hall–Kier alpha value is -1.99. The third-order valence-corrected chi connectivity index (χ3v) is 4.22. The maximum absolute atomic E-state index is 12.5. The van der Waals surface area contributed by atoms with Crippen LogP contribution in [0, 0.1) is 0 Å². The zero-order valence-electron chi connectivity index (χ0n) is 14.3. The molecule has 1 aliphatic rings. The molecule has 2 heterocycles. The van der Waals surface area contributed by atoms with Crippen LogP contribution in [0.15, 0.2) is 18.5 Å². The molecule has 1 fully saturated rings. The first-order chi connectivity index (χ1) is 11.6. The molecule has 0 bridgehead atoms. The van der Waals surface area contributed by atoms with E-state index in [0.717, 1.165) is 19.6 Å². The van der Waals surface area contributed by atoms with Crippen LogP contribution in [0.4, 0.5) is 0 Å². The number of carbonyl (C=O) groups excluding carboxylic acids is 2. The smallest absolute Gasteiger partial charge is 0.255 e. The Kier molecular flexibility index (Phi) is 7.14. The first-order valence-electron chi connectivity index (χ1n) is 8.53. The van der Waals surface area contributed by atoms with E-state index in [4.69, 9.17) is 5.73 Å². The Balaban J connectivity index is 1.91. The molecule has 1 aliphatic heterocycles. The number of pyridine rings is 1. The van der Waals surface area contributed by atoms with Crippen molar-refractivity contribution in [3.8, 4) is 0 Å². The first kappa shape index (κ1) is 18.4. The van der Waals surface area contributed by atoms with Crippen molar-refractivity contribution < 1.29 is 9.59 Å². The number of nitrogens with one attached hydrogen (secondary N) is 1. The van der Waals surface area contributed by atoms with E-state index in [1.807, 2.05) is 0 Å². The third-order valence-electron chi connectivity index (χ3n) is 4.22. The van der Waals surface area contributed by atoms with Crippen LogP contribution in [-0.4, -0.2) is 72.9 Å². The van der Waals surface area contributed by atoms with Crippen molar-refractivity contribution in [3.63, 3.8) is 0 Å². The average Bonchev–Trinajstić information content (AvgIpc) is 2.64. The van der Waals surface area contributed by atoms with Gasteiger partial charge in [0.25, 0.3) is 11.8 Å². The highest BCUT2D eigenvalue weighted by atomic mass is 16.2. The van der Waals surface area contributed by atoms with E-state index in [1.54, 1.807) is 18.0 Å². The van der Waals surface area contributed by atoms with Crippen molar-refractivity contribution in [2.45, 2.75) is 19.3 Å². The number of hydrogen-bond donors (Lipinski definition) is 2. The maximum Gasteiger partial charge on any atom is 0.255 e. The number of likely N-dealkylation sites (tertiary alicyclic amines) is 1. The molecule has 0 spiro atoms. The molecule has 0 saturated carbocycles. The molecule has 0 aromatic carbocycles. The van der Waals surface area contributed by atoms with Gasteiger partial charge in [0.2, 0.25) is 0 Å². The van der Waals surface area contributed by atoms with Crippen LogP contribution >= 0.6 is 0 Å². The standard InChI is InChI=1S/C17H27N5O2/c1-21(9-10-22-7-3-2-4-8-22)17(24)15-11-14(12-19-13-15)16(23)20-6-5-18/h11-13H,2-10,18H2,1H3,(H,20,23). The summed E-state index contributed by atoms with van der Waals surface area (Å²) in [4.78, 5) is 32.6. The molecular formula is C17H27N5O2. The molecule has 0 radical (unpaired) electrons. The van der Waals surface area contributed by atoms with Gasteiger partial charge in [-0.25, -0.2) is 0 Å². The number of hydrogen-bond acceptors (Lipinski definition) is 5. The molecule has 0 atom stereocenters. The highest BCUT2D eigenvalue weighted by molar-refractivity contribution is 5.99. The van der Waals surface area contributed by atoms with Crippen molar-refractivity contribution in [2.24, 2.45) is 5.73 Å². The molecular weight excluding hydrogens is 306 g/mol. The normalized spacial score (nSPS) is 15.1. The quantitative estimate of drug-likeness (QED) is 0.750. The topological polar surface area (TPSA) is 91.6 Å². The molecule has 1 saturated heterocycles. The van der Waals surface area contributed by atoms with Crippen molar-refractivity contribution >= 4 is 11.8 Å². The minimum atomic E-state index is -0.265. The lowest BCUT2D eigenvalue weighted by Gasteiger charge is -2.28. The minimum absolute atomic E-state index is 0.118. The molecule has 24 heavy (non-hydrogen) atoms. The van der Waals surface area contributed by atoms with Gasteiger partial charge in [-0.1, -0.05) is 6.42 Å². The molecule has 2 amide bonds. The molecule has 1 aromatic rings. The fourth-order valence-electron chi connectivity index (χ4n) is 2.77. The second-order valence-corrected chi connectivity index (χ2v) is 6.14. The van der Waals surface area contributed by atoms with E-state index >= 15 is 0 Å². The molecule has 7 heteroatoms. The number of piperidine rings is 1.